The van der Waals surface area contributed by atoms with E-state index < -0.39 is 0 Å². The lowest BCUT2D eigenvalue weighted by molar-refractivity contribution is 0.266. The summed E-state index contributed by atoms with van der Waals surface area (Å²) in [7, 11) is 0. The summed E-state index contributed by atoms with van der Waals surface area (Å²) in [4.78, 5) is 4.01. The quantitative estimate of drug-likeness (QED) is 0.897. The van der Waals surface area contributed by atoms with Crippen LogP contribution in [0.25, 0.3) is 0 Å². The number of nitrogens with zero attached hydrogens (tertiary/aromatic N) is 1. The Hall–Kier alpha value is -1.81. The van der Waals surface area contributed by atoms with Crippen molar-refractivity contribution < 1.29 is 9.15 Å². The van der Waals surface area contributed by atoms with Crippen LogP contribution >= 0.6 is 0 Å². The van der Waals surface area contributed by atoms with E-state index in [-0.39, 0.29) is 5.54 Å². The summed E-state index contributed by atoms with van der Waals surface area (Å²) in [6.45, 7) is 7.60. The summed E-state index contributed by atoms with van der Waals surface area (Å²) in [6.07, 6.45) is 5.11. The predicted molar refractivity (Wildman–Crippen MR) is 73.9 cm³/mol. The van der Waals surface area contributed by atoms with Crippen LogP contribution in [0.2, 0.25) is 0 Å². The van der Waals surface area contributed by atoms with E-state index in [9.17, 15) is 0 Å². The van der Waals surface area contributed by atoms with Crippen LogP contribution in [0.15, 0.2) is 41.3 Å². The highest BCUT2D eigenvalue weighted by atomic mass is 16.5. The van der Waals surface area contributed by atoms with Crippen LogP contribution in [0.5, 0.6) is 5.75 Å². The number of pyridine rings is 1. The molecule has 0 aromatic carbocycles. The van der Waals surface area contributed by atoms with Crippen LogP contribution in [-0.4, -0.2) is 10.5 Å². The number of ether oxygens (including phenoxy) is 1. The summed E-state index contributed by atoms with van der Waals surface area (Å²) in [5.74, 6) is 1.59. The molecule has 0 radical (unpaired) electrons. The zero-order valence-electron chi connectivity index (χ0n) is 11.6. The lowest BCUT2D eigenvalue weighted by Crippen LogP contribution is -2.35. The third-order valence-electron chi connectivity index (χ3n) is 2.65. The van der Waals surface area contributed by atoms with Crippen LogP contribution in [-0.2, 0) is 13.2 Å². The number of hydrogen-bond donors (Lipinski definition) is 1. The minimum absolute atomic E-state index is 0.0821. The Balaban J connectivity index is 1.92. The van der Waals surface area contributed by atoms with Gasteiger partial charge in [0.1, 0.15) is 18.1 Å². The molecule has 0 aliphatic rings. The molecule has 2 aromatic heterocycles. The van der Waals surface area contributed by atoms with Gasteiger partial charge in [-0.15, -0.1) is 0 Å². The summed E-state index contributed by atoms with van der Waals surface area (Å²) in [6, 6.07) is 5.70. The molecule has 0 fully saturated rings. The first-order valence-corrected chi connectivity index (χ1v) is 6.38. The minimum Gasteiger partial charge on any atom is -0.484 e. The third kappa shape index (κ3) is 4.41. The van der Waals surface area contributed by atoms with Gasteiger partial charge < -0.3 is 14.5 Å². The van der Waals surface area contributed by atoms with Crippen LogP contribution < -0.4 is 10.1 Å². The first-order chi connectivity index (χ1) is 9.04. The summed E-state index contributed by atoms with van der Waals surface area (Å²) in [5.41, 5.74) is 1.21. The van der Waals surface area contributed by atoms with E-state index >= 15 is 0 Å². The van der Waals surface area contributed by atoms with Crippen molar-refractivity contribution in [1.29, 1.82) is 0 Å². The van der Waals surface area contributed by atoms with E-state index in [1.807, 2.05) is 18.2 Å². The molecular formula is C15H20N2O2. The Morgan fingerprint density at radius 3 is 2.84 bits per heavy atom. The second-order valence-electron chi connectivity index (χ2n) is 5.45. The molecule has 0 unspecified atom stereocenters. The Labute approximate surface area is 113 Å². The normalized spacial score (nSPS) is 11.5. The molecule has 0 amide bonds. The number of hydrogen-bond acceptors (Lipinski definition) is 4. The molecule has 19 heavy (non-hydrogen) atoms. The van der Waals surface area contributed by atoms with Crippen molar-refractivity contribution in [2.45, 2.75) is 39.5 Å². The molecule has 0 bridgehead atoms. The molecule has 0 aliphatic carbocycles. The zero-order valence-corrected chi connectivity index (χ0v) is 11.6. The van der Waals surface area contributed by atoms with Gasteiger partial charge in [-0.3, -0.25) is 4.98 Å². The maximum Gasteiger partial charge on any atom is 0.146 e. The fourth-order valence-corrected chi connectivity index (χ4v) is 1.59. The second kappa shape index (κ2) is 5.89. The number of nitrogens with one attached hydrogen (secondary N) is 1. The highest BCUT2D eigenvalue weighted by molar-refractivity contribution is 5.19. The molecule has 4 nitrogen and oxygen atoms in total. The average Bonchev–Trinajstić information content (AvgIpc) is 2.82. The van der Waals surface area contributed by atoms with Crippen molar-refractivity contribution in [2.75, 3.05) is 0 Å². The SMILES string of the molecule is CC(C)(C)NCc1ccoc1COc1cccnc1. The fraction of sp³-hybridized carbons (Fsp3) is 0.400. The third-order valence-corrected chi connectivity index (χ3v) is 2.65. The average molecular weight is 260 g/mol. The zero-order chi connectivity index (χ0) is 13.7. The minimum atomic E-state index is 0.0821. The van der Waals surface area contributed by atoms with E-state index in [0.29, 0.717) is 6.61 Å². The second-order valence-corrected chi connectivity index (χ2v) is 5.45. The van der Waals surface area contributed by atoms with Gasteiger partial charge in [-0.25, -0.2) is 0 Å². The van der Waals surface area contributed by atoms with Crippen molar-refractivity contribution in [1.82, 2.24) is 10.3 Å². The Kier molecular flexibility index (Phi) is 4.22. The largest absolute Gasteiger partial charge is 0.484 e. The highest BCUT2D eigenvalue weighted by Gasteiger charge is 2.12. The smallest absolute Gasteiger partial charge is 0.146 e. The summed E-state index contributed by atoms with van der Waals surface area (Å²) < 4.78 is 11.1. The molecular weight excluding hydrogens is 240 g/mol. The van der Waals surface area contributed by atoms with Gasteiger partial charge in [0, 0.05) is 23.8 Å². The van der Waals surface area contributed by atoms with Crippen LogP contribution in [0.3, 0.4) is 0 Å². The molecule has 0 saturated heterocycles. The van der Waals surface area contributed by atoms with E-state index in [1.54, 1.807) is 18.7 Å². The van der Waals surface area contributed by atoms with Gasteiger partial charge in [-0.1, -0.05) is 0 Å². The van der Waals surface area contributed by atoms with Gasteiger partial charge in [0.25, 0.3) is 0 Å². The molecule has 2 rings (SSSR count). The van der Waals surface area contributed by atoms with Crippen molar-refractivity contribution in [3.63, 3.8) is 0 Å². The molecule has 1 N–H and O–H groups in total. The molecule has 4 heteroatoms. The molecule has 102 valence electrons. The fourth-order valence-electron chi connectivity index (χ4n) is 1.59. The topological polar surface area (TPSA) is 47.3 Å². The summed E-state index contributed by atoms with van der Waals surface area (Å²) in [5, 5.41) is 3.43. The number of aromatic nitrogens is 1. The number of rotatable bonds is 5. The molecule has 0 atom stereocenters. The maximum absolute atomic E-state index is 5.64. The molecule has 0 spiro atoms. The van der Waals surface area contributed by atoms with Crippen molar-refractivity contribution in [3.8, 4) is 5.75 Å². The van der Waals surface area contributed by atoms with E-state index in [2.05, 4.69) is 31.1 Å². The molecule has 2 heterocycles. The van der Waals surface area contributed by atoms with Gasteiger partial charge >= 0.3 is 0 Å². The Morgan fingerprint density at radius 1 is 1.32 bits per heavy atom. The van der Waals surface area contributed by atoms with Crippen LogP contribution in [0.1, 0.15) is 32.1 Å². The summed E-state index contributed by atoms with van der Waals surface area (Å²) >= 11 is 0. The van der Waals surface area contributed by atoms with E-state index in [1.165, 1.54) is 0 Å². The van der Waals surface area contributed by atoms with Crippen molar-refractivity contribution in [3.05, 3.63) is 48.2 Å². The van der Waals surface area contributed by atoms with Gasteiger partial charge in [0.05, 0.1) is 12.5 Å². The monoisotopic (exact) mass is 260 g/mol. The molecule has 2 aromatic rings. The standard InChI is InChI=1S/C15H20N2O2/c1-15(2,3)17-9-12-6-8-18-14(12)11-19-13-5-4-7-16-10-13/h4-8,10,17H,9,11H2,1-3H3. The Bertz CT molecular complexity index is 500. The highest BCUT2D eigenvalue weighted by Crippen LogP contribution is 2.15. The Morgan fingerprint density at radius 2 is 2.16 bits per heavy atom. The lowest BCUT2D eigenvalue weighted by atomic mass is 10.1. The van der Waals surface area contributed by atoms with Crippen molar-refractivity contribution >= 4 is 0 Å². The first-order valence-electron chi connectivity index (χ1n) is 6.38. The lowest BCUT2D eigenvalue weighted by Gasteiger charge is -2.20. The van der Waals surface area contributed by atoms with E-state index in [0.717, 1.165) is 23.6 Å². The van der Waals surface area contributed by atoms with Gasteiger partial charge in [-0.2, -0.15) is 0 Å². The van der Waals surface area contributed by atoms with Gasteiger partial charge in [0.15, 0.2) is 0 Å². The maximum atomic E-state index is 5.64. The van der Waals surface area contributed by atoms with E-state index in [4.69, 9.17) is 9.15 Å². The predicted octanol–water partition coefficient (Wildman–Crippen LogP) is 3.14. The van der Waals surface area contributed by atoms with Crippen molar-refractivity contribution in [2.24, 2.45) is 0 Å². The van der Waals surface area contributed by atoms with Gasteiger partial charge in [0.2, 0.25) is 0 Å². The molecule has 0 saturated carbocycles. The first kappa shape index (κ1) is 13.6. The number of furan rings is 1. The molecule has 0 aliphatic heterocycles. The van der Waals surface area contributed by atoms with Gasteiger partial charge in [-0.05, 0) is 39.0 Å². The van der Waals surface area contributed by atoms with Crippen LogP contribution in [0.4, 0.5) is 0 Å². The van der Waals surface area contributed by atoms with Crippen LogP contribution in [0, 0.1) is 0 Å².